The van der Waals surface area contributed by atoms with E-state index in [0.717, 1.165) is 17.1 Å². The number of benzene rings is 1. The van der Waals surface area contributed by atoms with Gasteiger partial charge in [0.15, 0.2) is 0 Å². The van der Waals surface area contributed by atoms with Crippen molar-refractivity contribution in [2.75, 3.05) is 13.7 Å². The molecule has 3 heteroatoms. The molecule has 1 aliphatic carbocycles. The predicted octanol–water partition coefficient (Wildman–Crippen LogP) is 3.13. The molecule has 1 fully saturated rings. The molecule has 0 spiro atoms. The maximum atomic E-state index is 5.85. The topological polar surface area (TPSA) is 18.5 Å². The Hall–Kier alpha value is -0.822. The van der Waals surface area contributed by atoms with Gasteiger partial charge in [-0.05, 0) is 0 Å². The van der Waals surface area contributed by atoms with Crippen LogP contribution in [0.1, 0.15) is 18.9 Å². The zero-order valence-corrected chi connectivity index (χ0v) is 14.7. The van der Waals surface area contributed by atoms with E-state index in [-0.39, 0.29) is 6.10 Å². The molecule has 0 aromatic heterocycles. The molecular weight excluding hydrogens is 420 g/mol. The van der Waals surface area contributed by atoms with E-state index in [2.05, 4.69) is 37.3 Å². The van der Waals surface area contributed by atoms with E-state index in [0.29, 0.717) is 5.92 Å². The van der Waals surface area contributed by atoms with E-state index in [4.69, 9.17) is 9.47 Å². The number of methoxy groups -OCH3 is 1. The summed E-state index contributed by atoms with van der Waals surface area (Å²) in [6, 6.07) is 10.5. The van der Waals surface area contributed by atoms with Crippen LogP contribution in [0.4, 0.5) is 0 Å². The first-order valence-corrected chi connectivity index (χ1v) is 8.36. The minimum absolute atomic E-state index is 0.275. The molecular formula is C17H18O2W. The molecule has 0 radical (unpaired) electrons. The van der Waals surface area contributed by atoms with Crippen LogP contribution in [-0.2, 0) is 28.8 Å². The molecule has 20 heavy (non-hydrogen) atoms. The summed E-state index contributed by atoms with van der Waals surface area (Å²) in [7, 11) is 1.76. The summed E-state index contributed by atoms with van der Waals surface area (Å²) < 4.78 is 12.4. The third kappa shape index (κ3) is 2.41. The molecule has 2 nitrogen and oxygen atoms in total. The van der Waals surface area contributed by atoms with Crippen LogP contribution in [0.25, 0.3) is 6.08 Å². The van der Waals surface area contributed by atoms with Crippen LogP contribution < -0.4 is 0 Å². The van der Waals surface area contributed by atoms with Crippen molar-refractivity contribution in [1.29, 1.82) is 0 Å². The number of allylic oxidation sites excluding steroid dienone is 1. The van der Waals surface area contributed by atoms with Gasteiger partial charge in [0.2, 0.25) is 0 Å². The fourth-order valence-corrected chi connectivity index (χ4v) is 3.96. The zero-order chi connectivity index (χ0) is 14.1. The Morgan fingerprint density at radius 1 is 1.30 bits per heavy atom. The van der Waals surface area contributed by atoms with E-state index < -0.39 is 0 Å². The first-order chi connectivity index (χ1) is 9.72. The van der Waals surface area contributed by atoms with Crippen LogP contribution in [0.2, 0.25) is 0 Å². The Bertz CT molecular complexity index is 586. The molecule has 2 aliphatic rings. The molecule has 1 aliphatic heterocycles. The van der Waals surface area contributed by atoms with Crippen molar-refractivity contribution < 1.29 is 28.8 Å². The van der Waals surface area contributed by atoms with Gasteiger partial charge in [0, 0.05) is 0 Å². The summed E-state index contributed by atoms with van der Waals surface area (Å²) in [6.07, 6.45) is 3.68. The average molecular weight is 438 g/mol. The third-order valence-corrected chi connectivity index (χ3v) is 5.44. The summed E-state index contributed by atoms with van der Waals surface area (Å²) in [4.78, 5) is 0. The van der Waals surface area contributed by atoms with E-state index in [1.54, 1.807) is 7.11 Å². The number of hydrogen-bond acceptors (Lipinski definition) is 2. The Labute approximate surface area is 130 Å². The summed E-state index contributed by atoms with van der Waals surface area (Å²) in [5.41, 5.74) is 5.34. The molecule has 1 saturated heterocycles. The van der Waals surface area contributed by atoms with Gasteiger partial charge < -0.3 is 0 Å². The Morgan fingerprint density at radius 2 is 2.05 bits per heavy atom. The van der Waals surface area contributed by atoms with Gasteiger partial charge in [0.1, 0.15) is 0 Å². The molecule has 0 saturated carbocycles. The van der Waals surface area contributed by atoms with Crippen LogP contribution in [0, 0.1) is 5.92 Å². The van der Waals surface area contributed by atoms with Crippen LogP contribution in [-0.4, -0.2) is 23.9 Å². The maximum absolute atomic E-state index is 5.85. The Morgan fingerprint density at radius 3 is 2.75 bits per heavy atom. The van der Waals surface area contributed by atoms with Crippen molar-refractivity contribution >= 4 is 10.2 Å². The van der Waals surface area contributed by atoms with Crippen molar-refractivity contribution in [3.05, 3.63) is 52.6 Å². The van der Waals surface area contributed by atoms with Crippen molar-refractivity contribution in [2.24, 2.45) is 5.92 Å². The van der Waals surface area contributed by atoms with Crippen LogP contribution in [0.15, 0.2) is 47.1 Å². The van der Waals surface area contributed by atoms with Crippen LogP contribution >= 0.6 is 0 Å². The van der Waals surface area contributed by atoms with Gasteiger partial charge in [0.05, 0.1) is 0 Å². The summed E-state index contributed by atoms with van der Waals surface area (Å²) >= 11 is 1.37. The van der Waals surface area contributed by atoms with Crippen molar-refractivity contribution in [3.63, 3.8) is 0 Å². The molecule has 0 N–H and O–H groups in total. The van der Waals surface area contributed by atoms with Gasteiger partial charge in [-0.1, -0.05) is 0 Å². The third-order valence-electron chi connectivity index (χ3n) is 4.05. The summed E-state index contributed by atoms with van der Waals surface area (Å²) in [6.45, 7) is 3.07. The van der Waals surface area contributed by atoms with Gasteiger partial charge in [-0.2, -0.15) is 0 Å². The van der Waals surface area contributed by atoms with Crippen molar-refractivity contribution in [3.8, 4) is 0 Å². The zero-order valence-electron chi connectivity index (χ0n) is 11.8. The van der Waals surface area contributed by atoms with E-state index in [1.165, 1.54) is 41.6 Å². The van der Waals surface area contributed by atoms with Gasteiger partial charge in [-0.25, -0.2) is 0 Å². The second-order valence-electron chi connectivity index (χ2n) is 5.24. The van der Waals surface area contributed by atoms with Gasteiger partial charge in [0.25, 0.3) is 0 Å². The number of rotatable bonds is 4. The van der Waals surface area contributed by atoms with E-state index >= 15 is 0 Å². The minimum atomic E-state index is 0.275. The molecule has 1 aromatic rings. The first kappa shape index (κ1) is 14.1. The fourth-order valence-electron chi connectivity index (χ4n) is 3.14. The SMILES string of the molecule is CO[C](=[W])C1=C(/C(C)=C/c2ccccc2)C2CCOC12. The number of fused-ring (bicyclic) bond motifs is 1. The molecule has 0 amide bonds. The number of ether oxygens (including phenoxy) is 2. The van der Waals surface area contributed by atoms with Crippen LogP contribution in [0.5, 0.6) is 0 Å². The number of hydrogen-bond donors (Lipinski definition) is 0. The quantitative estimate of drug-likeness (QED) is 0.720. The predicted molar refractivity (Wildman–Crippen MR) is 77.0 cm³/mol. The van der Waals surface area contributed by atoms with Crippen molar-refractivity contribution in [1.82, 2.24) is 0 Å². The summed E-state index contributed by atoms with van der Waals surface area (Å²) in [5.74, 6) is 0.564. The molecule has 1 aromatic carbocycles. The Balaban J connectivity index is 1.96. The molecule has 104 valence electrons. The monoisotopic (exact) mass is 438 g/mol. The van der Waals surface area contributed by atoms with Gasteiger partial charge in [-0.3, -0.25) is 0 Å². The first-order valence-electron chi connectivity index (χ1n) is 6.90. The Kier molecular flexibility index (Phi) is 4.16. The summed E-state index contributed by atoms with van der Waals surface area (Å²) in [5, 5.41) is 0. The van der Waals surface area contributed by atoms with Gasteiger partial charge in [-0.15, -0.1) is 0 Å². The van der Waals surface area contributed by atoms with Gasteiger partial charge >= 0.3 is 131 Å². The second kappa shape index (κ2) is 5.89. The van der Waals surface area contributed by atoms with E-state index in [1.807, 2.05) is 6.07 Å². The fraction of sp³-hybridized carbons (Fsp3) is 0.353. The molecule has 3 rings (SSSR count). The van der Waals surface area contributed by atoms with Crippen LogP contribution in [0.3, 0.4) is 0 Å². The molecule has 2 unspecified atom stereocenters. The molecule has 1 heterocycles. The molecule has 0 bridgehead atoms. The second-order valence-corrected chi connectivity index (χ2v) is 6.58. The van der Waals surface area contributed by atoms with Crippen molar-refractivity contribution in [2.45, 2.75) is 19.4 Å². The average Bonchev–Trinajstić information content (AvgIpc) is 2.83. The molecule has 2 atom stereocenters. The standard InChI is InChI=1S/C17H18O2.W/c1-12(10-13-6-4-3-5-7-13)16-14-8-9-19-17(14)15(16)11-18-2;/h3-7,10,14,17H,8-9H2,1-2H3;/b12-10+;. The van der Waals surface area contributed by atoms with E-state index in [9.17, 15) is 0 Å². The normalized spacial score (nSPS) is 25.4.